The second-order valence-electron chi connectivity index (χ2n) is 11.1. The topological polar surface area (TPSA) is 92.4 Å². The lowest BCUT2D eigenvalue weighted by Crippen LogP contribution is -2.35. The van der Waals surface area contributed by atoms with Gasteiger partial charge >= 0.3 is 6.09 Å². The highest BCUT2D eigenvalue weighted by atomic mass is 32.2. The molecular formula is C28H32F2N6O3S. The number of rotatable bonds is 5. The van der Waals surface area contributed by atoms with Crippen LogP contribution in [0.5, 0.6) is 0 Å². The molecule has 0 aliphatic carbocycles. The molecule has 0 radical (unpaired) electrons. The summed E-state index contributed by atoms with van der Waals surface area (Å²) < 4.78 is 35.7. The minimum absolute atomic E-state index is 0.0806. The number of thioether (sulfide) groups is 1. The Kier molecular flexibility index (Phi) is 7.80. The SMILES string of the molecule is CSc1ccc(F)cc1[C@H]1C[C@H](F)CN1c1ccc2ncc(C(=O)N=CC3CCN(C(=O)OC(C)(C)C)C3)n2n1. The van der Waals surface area contributed by atoms with Gasteiger partial charge in [-0.3, -0.25) is 4.79 Å². The van der Waals surface area contributed by atoms with Crippen LogP contribution in [0.4, 0.5) is 19.4 Å². The first-order chi connectivity index (χ1) is 19.0. The molecule has 2 aromatic heterocycles. The molecule has 12 heteroatoms. The number of fused-ring (bicyclic) bond motifs is 1. The van der Waals surface area contributed by atoms with E-state index in [1.807, 2.05) is 27.0 Å². The highest BCUT2D eigenvalue weighted by Crippen LogP contribution is 2.40. The van der Waals surface area contributed by atoms with E-state index in [0.29, 0.717) is 36.5 Å². The van der Waals surface area contributed by atoms with Crippen LogP contribution in [-0.4, -0.2) is 75.4 Å². The molecule has 3 aromatic rings. The lowest BCUT2D eigenvalue weighted by Gasteiger charge is -2.27. The molecule has 3 atom stereocenters. The summed E-state index contributed by atoms with van der Waals surface area (Å²) in [4.78, 5) is 38.1. The molecule has 212 valence electrons. The summed E-state index contributed by atoms with van der Waals surface area (Å²) in [6, 6.07) is 7.59. The van der Waals surface area contributed by atoms with Gasteiger partial charge in [0.25, 0.3) is 5.91 Å². The van der Waals surface area contributed by atoms with Crippen LogP contribution in [0.3, 0.4) is 0 Å². The maximum atomic E-state index is 14.7. The molecule has 2 fully saturated rings. The summed E-state index contributed by atoms with van der Waals surface area (Å²) in [5.74, 6) is -0.531. The first kappa shape index (κ1) is 28.0. The Balaban J connectivity index is 1.35. The van der Waals surface area contributed by atoms with Gasteiger partial charge in [0.1, 0.15) is 23.4 Å². The minimum Gasteiger partial charge on any atom is -0.444 e. The third-order valence-electron chi connectivity index (χ3n) is 6.94. The third kappa shape index (κ3) is 5.96. The predicted molar refractivity (Wildman–Crippen MR) is 150 cm³/mol. The maximum Gasteiger partial charge on any atom is 0.410 e. The van der Waals surface area contributed by atoms with Crippen molar-refractivity contribution >= 4 is 41.4 Å². The summed E-state index contributed by atoms with van der Waals surface area (Å²) in [6.07, 6.45) is 4.26. The number of imidazole rings is 1. The zero-order chi connectivity index (χ0) is 28.6. The number of amides is 2. The van der Waals surface area contributed by atoms with Gasteiger partial charge in [0, 0.05) is 36.5 Å². The fourth-order valence-corrected chi connectivity index (χ4v) is 5.74. The fourth-order valence-electron chi connectivity index (χ4n) is 5.10. The quantitative estimate of drug-likeness (QED) is 0.302. The number of hydrogen-bond acceptors (Lipinski definition) is 7. The first-order valence-corrected chi connectivity index (χ1v) is 14.4. The van der Waals surface area contributed by atoms with Crippen molar-refractivity contribution in [2.24, 2.45) is 10.9 Å². The predicted octanol–water partition coefficient (Wildman–Crippen LogP) is 5.35. The van der Waals surface area contributed by atoms with Crippen LogP contribution in [0, 0.1) is 11.7 Å². The molecule has 2 aliphatic rings. The number of hydrogen-bond donors (Lipinski definition) is 0. The van der Waals surface area contributed by atoms with Gasteiger partial charge < -0.3 is 14.5 Å². The number of anilines is 1. The van der Waals surface area contributed by atoms with Crippen LogP contribution in [0.15, 0.2) is 46.4 Å². The molecule has 2 saturated heterocycles. The molecule has 4 heterocycles. The fraction of sp³-hybridized carbons (Fsp3) is 0.464. The summed E-state index contributed by atoms with van der Waals surface area (Å²) in [5.41, 5.74) is 0.738. The standard InChI is InChI=1S/C28H32F2N6O3S/c1-28(2,3)39-27(38)34-10-9-17(15-34)13-32-26(37)22-14-31-24-7-8-25(33-36(22)24)35-16-19(30)12-21(35)20-11-18(29)5-6-23(20)40-4/h5-8,11,13-14,17,19,21H,9-10,12,15-16H2,1-4H3/t17?,19-,21+/m0/s1. The number of likely N-dealkylation sites (tertiary alicyclic amines) is 1. The first-order valence-electron chi connectivity index (χ1n) is 13.2. The van der Waals surface area contributed by atoms with Gasteiger partial charge in [-0.2, -0.15) is 0 Å². The molecule has 2 aliphatic heterocycles. The second-order valence-corrected chi connectivity index (χ2v) is 11.9. The van der Waals surface area contributed by atoms with Crippen LogP contribution in [0.25, 0.3) is 5.65 Å². The molecule has 0 saturated carbocycles. The lowest BCUT2D eigenvalue weighted by molar-refractivity contribution is 0.0292. The Bertz CT molecular complexity index is 1460. The Morgan fingerprint density at radius 1 is 1.20 bits per heavy atom. The van der Waals surface area contributed by atoms with Crippen LogP contribution in [0.1, 0.15) is 55.7 Å². The van der Waals surface area contributed by atoms with E-state index in [-0.39, 0.29) is 36.5 Å². The zero-order valence-corrected chi connectivity index (χ0v) is 23.7. The number of aromatic nitrogens is 3. The summed E-state index contributed by atoms with van der Waals surface area (Å²) in [7, 11) is 0. The molecule has 0 bridgehead atoms. The second kappa shape index (κ2) is 11.1. The van der Waals surface area contributed by atoms with Gasteiger partial charge in [0.2, 0.25) is 0 Å². The number of carbonyl (C=O) groups excluding carboxylic acids is 2. The molecule has 2 amide bonds. The van der Waals surface area contributed by atoms with E-state index < -0.39 is 23.7 Å². The number of benzene rings is 1. The van der Waals surface area contributed by atoms with Crippen LogP contribution in [0.2, 0.25) is 0 Å². The van der Waals surface area contributed by atoms with Crippen LogP contribution >= 0.6 is 11.8 Å². The normalized spacial score (nSPS) is 21.6. The van der Waals surface area contributed by atoms with Gasteiger partial charge in [-0.15, -0.1) is 16.9 Å². The number of alkyl halides is 1. The Morgan fingerprint density at radius 2 is 2.00 bits per heavy atom. The Hall–Kier alpha value is -3.54. The average Bonchev–Trinajstić information content (AvgIpc) is 3.64. The number of aliphatic imine (C=N–C) groups is 1. The van der Waals surface area contributed by atoms with Crippen molar-refractivity contribution in [2.75, 3.05) is 30.8 Å². The number of halogens is 2. The summed E-state index contributed by atoms with van der Waals surface area (Å²) in [6.45, 7) is 6.49. The van der Waals surface area contributed by atoms with Crippen molar-refractivity contribution in [3.05, 3.63) is 53.6 Å². The number of nitrogens with zero attached hydrogens (tertiary/aromatic N) is 6. The van der Waals surface area contributed by atoms with E-state index in [2.05, 4.69) is 15.1 Å². The maximum absolute atomic E-state index is 14.7. The highest BCUT2D eigenvalue weighted by Gasteiger charge is 2.36. The summed E-state index contributed by atoms with van der Waals surface area (Å²) >= 11 is 1.48. The van der Waals surface area contributed by atoms with Crippen molar-refractivity contribution in [1.29, 1.82) is 0 Å². The molecule has 0 N–H and O–H groups in total. The van der Waals surface area contributed by atoms with Crippen molar-refractivity contribution in [3.63, 3.8) is 0 Å². The monoisotopic (exact) mass is 570 g/mol. The van der Waals surface area contributed by atoms with E-state index in [9.17, 15) is 18.4 Å². The van der Waals surface area contributed by atoms with E-state index in [4.69, 9.17) is 4.74 Å². The third-order valence-corrected chi connectivity index (χ3v) is 7.75. The van der Waals surface area contributed by atoms with E-state index in [0.717, 1.165) is 4.90 Å². The molecule has 9 nitrogen and oxygen atoms in total. The minimum atomic E-state index is -1.11. The Morgan fingerprint density at radius 3 is 2.75 bits per heavy atom. The van der Waals surface area contributed by atoms with Gasteiger partial charge in [-0.25, -0.2) is 28.1 Å². The molecule has 1 aromatic carbocycles. The molecular weight excluding hydrogens is 538 g/mol. The smallest absolute Gasteiger partial charge is 0.410 e. The molecule has 1 unspecified atom stereocenters. The van der Waals surface area contributed by atoms with Crippen molar-refractivity contribution < 1.29 is 23.1 Å². The van der Waals surface area contributed by atoms with Gasteiger partial charge in [-0.1, -0.05) is 0 Å². The molecule has 0 spiro atoms. The largest absolute Gasteiger partial charge is 0.444 e. The zero-order valence-electron chi connectivity index (χ0n) is 22.9. The molecule has 40 heavy (non-hydrogen) atoms. The van der Waals surface area contributed by atoms with E-state index in [1.54, 1.807) is 34.2 Å². The van der Waals surface area contributed by atoms with Crippen LogP contribution < -0.4 is 4.90 Å². The van der Waals surface area contributed by atoms with Gasteiger partial charge in [0.15, 0.2) is 11.3 Å². The average molecular weight is 571 g/mol. The van der Waals surface area contributed by atoms with Crippen molar-refractivity contribution in [1.82, 2.24) is 19.5 Å². The Labute approximate surface area is 235 Å². The van der Waals surface area contributed by atoms with Crippen LogP contribution in [-0.2, 0) is 4.74 Å². The summed E-state index contributed by atoms with van der Waals surface area (Å²) in [5, 5.41) is 4.62. The lowest BCUT2D eigenvalue weighted by atomic mass is 10.0. The number of ether oxygens (including phenoxy) is 1. The highest BCUT2D eigenvalue weighted by molar-refractivity contribution is 7.98. The molecule has 5 rings (SSSR count). The van der Waals surface area contributed by atoms with Crippen molar-refractivity contribution in [2.45, 2.75) is 56.3 Å². The van der Waals surface area contributed by atoms with E-state index >= 15 is 0 Å². The van der Waals surface area contributed by atoms with Gasteiger partial charge in [0.05, 0.1) is 18.8 Å². The van der Waals surface area contributed by atoms with Gasteiger partial charge in [-0.05, 0) is 69.3 Å². The number of carbonyl (C=O) groups is 2. The van der Waals surface area contributed by atoms with E-state index in [1.165, 1.54) is 34.6 Å². The van der Waals surface area contributed by atoms with Crippen molar-refractivity contribution in [3.8, 4) is 0 Å².